The average molecular weight is 529 g/mol. The van der Waals surface area contributed by atoms with E-state index in [1.165, 1.54) is 13.0 Å². The van der Waals surface area contributed by atoms with Crippen molar-refractivity contribution < 1.29 is 27.4 Å². The predicted octanol–water partition coefficient (Wildman–Crippen LogP) is 3.55. The fourth-order valence-electron chi connectivity index (χ4n) is 3.18. The van der Waals surface area contributed by atoms with E-state index in [-0.39, 0.29) is 26.7 Å². The third-order valence-electron chi connectivity index (χ3n) is 5.14. The molecule has 0 saturated carbocycles. The number of methoxy groups -OCH3 is 1. The number of nitrogens with one attached hydrogen (secondary N) is 1. The third-order valence-corrected chi connectivity index (χ3v) is 8.23. The molecule has 188 valence electrons. The van der Waals surface area contributed by atoms with Gasteiger partial charge in [-0.3, -0.25) is 10.2 Å². The number of carbonyl (C=O) groups is 1. The van der Waals surface area contributed by atoms with Crippen LogP contribution in [0.25, 0.3) is 6.08 Å². The number of aliphatic imine (C=N–C) groups is 1. The molecule has 0 fully saturated rings. The van der Waals surface area contributed by atoms with Crippen molar-refractivity contribution in [3.8, 4) is 17.2 Å². The summed E-state index contributed by atoms with van der Waals surface area (Å²) in [5, 5.41) is 13.5. The zero-order valence-electron chi connectivity index (χ0n) is 19.6. The van der Waals surface area contributed by atoms with Crippen LogP contribution >= 0.6 is 11.8 Å². The minimum Gasteiger partial charge on any atom is -0.497 e. The van der Waals surface area contributed by atoms with Crippen molar-refractivity contribution >= 4 is 49.0 Å². The van der Waals surface area contributed by atoms with Crippen LogP contribution in [0.4, 0.5) is 0 Å². The fraction of sp³-hybridized carbons (Fsp3) is 0.250. The zero-order chi connectivity index (χ0) is 25.7. The van der Waals surface area contributed by atoms with Gasteiger partial charge in [-0.15, -0.1) is 5.10 Å². The Morgan fingerprint density at radius 3 is 2.44 bits per heavy atom. The Balaban J connectivity index is 1.33. The molecule has 0 aromatic heterocycles. The molecule has 10 nitrogen and oxygen atoms in total. The number of ether oxygens (including phenoxy) is 3. The number of fused-ring (bicyclic) bond motifs is 1. The molecular formula is C24H24N4O6S2. The number of amidine groups is 2. The number of amides is 1. The largest absolute Gasteiger partial charge is 0.497 e. The van der Waals surface area contributed by atoms with E-state index in [0.29, 0.717) is 30.9 Å². The topological polar surface area (TPSA) is 131 Å². The Morgan fingerprint density at radius 2 is 1.75 bits per heavy atom. The average Bonchev–Trinajstić information content (AvgIpc) is 3.32. The first-order valence-electron chi connectivity index (χ1n) is 11.0. The van der Waals surface area contributed by atoms with Gasteiger partial charge in [0.15, 0.2) is 5.84 Å². The molecule has 4 rings (SSSR count). The maximum absolute atomic E-state index is 12.5. The van der Waals surface area contributed by atoms with Crippen LogP contribution in [-0.4, -0.2) is 60.8 Å². The van der Waals surface area contributed by atoms with Crippen LogP contribution in [0.1, 0.15) is 18.9 Å². The van der Waals surface area contributed by atoms with E-state index in [9.17, 15) is 13.2 Å². The standard InChI is InChI=1S/C24H24N4O6S2/c1-3-36(30,31)24-27-28-21(25)20(22(29)26-23(28)35-24)14-16-8-10-17(11-9-16)33-12-5-13-34-19-7-4-6-18(15-19)32-2/h4,6-11,14-15,25H,3,5,12-13H2,1-2H3/b20-14-,25-21?. The van der Waals surface area contributed by atoms with Crippen molar-refractivity contribution in [2.24, 2.45) is 10.1 Å². The highest BCUT2D eigenvalue weighted by atomic mass is 32.3. The molecule has 0 unspecified atom stereocenters. The molecule has 0 spiro atoms. The van der Waals surface area contributed by atoms with Gasteiger partial charge in [-0.05, 0) is 47.7 Å². The first-order valence-corrected chi connectivity index (χ1v) is 13.5. The van der Waals surface area contributed by atoms with Crippen molar-refractivity contribution in [3.63, 3.8) is 0 Å². The molecule has 12 heteroatoms. The SMILES string of the molecule is CCS(=O)(=O)C1=NN2C(=N)/C(=C/c3ccc(OCCCOc4cccc(OC)c4)cc3)C(=O)N=C2S1. The summed E-state index contributed by atoms with van der Waals surface area (Å²) >= 11 is 0.773. The molecule has 2 aromatic carbocycles. The molecule has 0 bridgehead atoms. The van der Waals surface area contributed by atoms with E-state index in [0.717, 1.165) is 28.3 Å². The van der Waals surface area contributed by atoms with Gasteiger partial charge in [-0.25, -0.2) is 8.42 Å². The van der Waals surface area contributed by atoms with E-state index >= 15 is 0 Å². The smallest absolute Gasteiger partial charge is 0.283 e. The van der Waals surface area contributed by atoms with Crippen LogP contribution in [0.2, 0.25) is 0 Å². The Labute approximate surface area is 213 Å². The van der Waals surface area contributed by atoms with Gasteiger partial charge in [0, 0.05) is 12.5 Å². The number of sulfone groups is 1. The highest BCUT2D eigenvalue weighted by Crippen LogP contribution is 2.30. The summed E-state index contributed by atoms with van der Waals surface area (Å²) in [6, 6.07) is 14.4. The second-order valence-electron chi connectivity index (χ2n) is 7.59. The van der Waals surface area contributed by atoms with Gasteiger partial charge in [-0.2, -0.15) is 10.0 Å². The summed E-state index contributed by atoms with van der Waals surface area (Å²) in [6.07, 6.45) is 2.20. The number of hydrogen-bond acceptors (Lipinski definition) is 9. The van der Waals surface area contributed by atoms with Crippen LogP contribution in [0.3, 0.4) is 0 Å². The maximum Gasteiger partial charge on any atom is 0.283 e. The van der Waals surface area contributed by atoms with Crippen LogP contribution in [0.5, 0.6) is 17.2 Å². The monoisotopic (exact) mass is 528 g/mol. The first kappa shape index (κ1) is 25.5. The van der Waals surface area contributed by atoms with Gasteiger partial charge in [0.05, 0.1) is 31.6 Å². The molecule has 2 heterocycles. The molecule has 0 radical (unpaired) electrons. The van der Waals surface area contributed by atoms with Crippen molar-refractivity contribution in [3.05, 3.63) is 59.7 Å². The lowest BCUT2D eigenvalue weighted by atomic mass is 10.1. The van der Waals surface area contributed by atoms with Crippen LogP contribution < -0.4 is 14.2 Å². The highest BCUT2D eigenvalue weighted by Gasteiger charge is 2.39. The van der Waals surface area contributed by atoms with Crippen LogP contribution in [0.15, 0.2) is 64.2 Å². The molecule has 1 N–H and O–H groups in total. The Kier molecular flexibility index (Phi) is 7.75. The zero-order valence-corrected chi connectivity index (χ0v) is 21.3. The second-order valence-corrected chi connectivity index (χ2v) is 11.0. The lowest BCUT2D eigenvalue weighted by Gasteiger charge is -2.20. The van der Waals surface area contributed by atoms with Gasteiger partial charge in [-0.1, -0.05) is 25.1 Å². The Morgan fingerprint density at radius 1 is 1.06 bits per heavy atom. The van der Waals surface area contributed by atoms with E-state index in [4.69, 9.17) is 19.6 Å². The molecular weight excluding hydrogens is 504 g/mol. The van der Waals surface area contributed by atoms with E-state index in [1.807, 2.05) is 24.3 Å². The number of rotatable bonds is 9. The van der Waals surface area contributed by atoms with Crippen molar-refractivity contribution in [1.29, 1.82) is 5.41 Å². The summed E-state index contributed by atoms with van der Waals surface area (Å²) in [4.78, 5) is 16.4. The van der Waals surface area contributed by atoms with Crippen molar-refractivity contribution in [2.45, 2.75) is 13.3 Å². The summed E-state index contributed by atoms with van der Waals surface area (Å²) in [6.45, 7) is 2.45. The minimum absolute atomic E-state index is 0.0154. The number of hydrogen-bond donors (Lipinski definition) is 1. The van der Waals surface area contributed by atoms with Gasteiger partial charge < -0.3 is 14.2 Å². The molecule has 1 amide bonds. The summed E-state index contributed by atoms with van der Waals surface area (Å²) in [5.74, 6) is 1.13. The quantitative estimate of drug-likeness (QED) is 0.386. The minimum atomic E-state index is -3.57. The fourth-order valence-corrected chi connectivity index (χ4v) is 5.34. The molecule has 36 heavy (non-hydrogen) atoms. The Hall–Kier alpha value is -3.64. The van der Waals surface area contributed by atoms with Crippen molar-refractivity contribution in [2.75, 3.05) is 26.1 Å². The number of hydrazone groups is 1. The normalized spacial score (nSPS) is 16.5. The number of nitrogens with zero attached hydrogens (tertiary/aromatic N) is 3. The predicted molar refractivity (Wildman–Crippen MR) is 140 cm³/mol. The van der Waals surface area contributed by atoms with Crippen molar-refractivity contribution in [1.82, 2.24) is 5.01 Å². The second kappa shape index (κ2) is 11.0. The van der Waals surface area contributed by atoms with Gasteiger partial charge in [0.2, 0.25) is 19.4 Å². The number of thioether (sulfide) groups is 1. The van der Waals surface area contributed by atoms with Crippen LogP contribution in [0, 0.1) is 5.41 Å². The van der Waals surface area contributed by atoms with Gasteiger partial charge in [0.1, 0.15) is 17.2 Å². The number of carbonyl (C=O) groups excluding carboxylic acids is 1. The molecule has 0 saturated heterocycles. The molecule has 2 aromatic rings. The highest BCUT2D eigenvalue weighted by molar-refractivity contribution is 8.42. The molecule has 2 aliphatic rings. The van der Waals surface area contributed by atoms with Crippen LogP contribution in [-0.2, 0) is 14.6 Å². The van der Waals surface area contributed by atoms with E-state index in [2.05, 4.69) is 10.1 Å². The number of benzene rings is 2. The molecule has 0 aliphatic carbocycles. The van der Waals surface area contributed by atoms with Gasteiger partial charge in [0.25, 0.3) is 5.91 Å². The molecule has 0 atom stereocenters. The lowest BCUT2D eigenvalue weighted by molar-refractivity contribution is -0.114. The lowest BCUT2D eigenvalue weighted by Crippen LogP contribution is -2.35. The molecule has 2 aliphatic heterocycles. The summed E-state index contributed by atoms with van der Waals surface area (Å²) in [5.41, 5.74) is 0.675. The van der Waals surface area contributed by atoms with E-state index in [1.54, 1.807) is 31.4 Å². The third kappa shape index (κ3) is 5.77. The van der Waals surface area contributed by atoms with E-state index < -0.39 is 15.7 Å². The van der Waals surface area contributed by atoms with Gasteiger partial charge >= 0.3 is 0 Å². The maximum atomic E-state index is 12.5. The summed E-state index contributed by atoms with van der Waals surface area (Å²) in [7, 11) is -1.97. The Bertz CT molecular complexity index is 1370. The first-order chi connectivity index (χ1) is 17.3. The summed E-state index contributed by atoms with van der Waals surface area (Å²) < 4.78 is 40.7.